The summed E-state index contributed by atoms with van der Waals surface area (Å²) in [7, 11) is 1.61. The molecule has 0 saturated carbocycles. The number of benzene rings is 3. The molecule has 0 aliphatic carbocycles. The van der Waals surface area contributed by atoms with Gasteiger partial charge in [-0.25, -0.2) is 0 Å². The number of carbonyl (C=O) groups is 1. The number of ether oxygens (including phenoxy) is 3. The minimum Gasteiger partial charge on any atom is -0.496 e. The first-order valence-electron chi connectivity index (χ1n) is 10.7. The van der Waals surface area contributed by atoms with Gasteiger partial charge in [-0.1, -0.05) is 35.4 Å². The van der Waals surface area contributed by atoms with E-state index in [1.165, 1.54) is 11.3 Å². The van der Waals surface area contributed by atoms with Gasteiger partial charge < -0.3 is 14.2 Å². The summed E-state index contributed by atoms with van der Waals surface area (Å²) < 4.78 is 18.5. The standard InChI is InChI=1S/C25H21N5O4S/c1-15-12-21-19(13-20(15)32-2)22(23(35-21)24(31)26-25-27-29-30-28-25)34-18-10-8-17(9-11-18)33-14-16-6-4-3-5-7-16/h3-13H,14H2,1-2H3,(H2,26,27,28,29,30,31). The number of tetrazole rings is 1. The molecule has 0 aliphatic rings. The van der Waals surface area contributed by atoms with Crippen molar-refractivity contribution in [3.8, 4) is 23.0 Å². The van der Waals surface area contributed by atoms with Crippen molar-refractivity contribution in [2.24, 2.45) is 0 Å². The molecule has 0 spiro atoms. The van der Waals surface area contributed by atoms with Crippen molar-refractivity contribution < 1.29 is 19.0 Å². The van der Waals surface area contributed by atoms with Crippen LogP contribution in [0.5, 0.6) is 23.0 Å². The summed E-state index contributed by atoms with van der Waals surface area (Å²) >= 11 is 1.31. The van der Waals surface area contributed by atoms with Crippen LogP contribution in [0.4, 0.5) is 5.95 Å². The molecule has 3 aromatic carbocycles. The van der Waals surface area contributed by atoms with E-state index in [4.69, 9.17) is 14.2 Å². The fraction of sp³-hybridized carbons (Fsp3) is 0.120. The maximum atomic E-state index is 13.1. The number of carbonyl (C=O) groups excluding carboxylic acids is 1. The number of fused-ring (bicyclic) bond motifs is 1. The largest absolute Gasteiger partial charge is 0.496 e. The number of hydrogen-bond acceptors (Lipinski definition) is 8. The summed E-state index contributed by atoms with van der Waals surface area (Å²) in [6.07, 6.45) is 0. The third kappa shape index (κ3) is 4.92. The third-order valence-electron chi connectivity index (χ3n) is 5.23. The van der Waals surface area contributed by atoms with E-state index in [-0.39, 0.29) is 5.95 Å². The number of rotatable bonds is 8. The van der Waals surface area contributed by atoms with E-state index in [9.17, 15) is 4.79 Å². The minimum absolute atomic E-state index is 0.0760. The number of aromatic amines is 1. The number of nitrogens with zero attached hydrogens (tertiary/aromatic N) is 3. The van der Waals surface area contributed by atoms with Gasteiger partial charge in [-0.2, -0.15) is 5.21 Å². The Hall–Kier alpha value is -4.44. The summed E-state index contributed by atoms with van der Waals surface area (Å²) in [6, 6.07) is 21.0. The SMILES string of the molecule is COc1cc2c(Oc3ccc(OCc4ccccc4)cc3)c(C(=O)Nc3nn[nH]n3)sc2cc1C. The quantitative estimate of drug-likeness (QED) is 0.303. The van der Waals surface area contributed by atoms with Gasteiger partial charge in [0.25, 0.3) is 11.9 Å². The average molecular weight is 488 g/mol. The van der Waals surface area contributed by atoms with Gasteiger partial charge in [0, 0.05) is 10.1 Å². The van der Waals surface area contributed by atoms with Crippen molar-refractivity contribution in [3.63, 3.8) is 0 Å². The van der Waals surface area contributed by atoms with Crippen molar-refractivity contribution in [3.05, 3.63) is 82.7 Å². The number of aryl methyl sites for hydroxylation is 1. The van der Waals surface area contributed by atoms with Crippen molar-refractivity contribution in [2.75, 3.05) is 12.4 Å². The molecule has 2 heterocycles. The predicted octanol–water partition coefficient (Wildman–Crippen LogP) is 5.36. The van der Waals surface area contributed by atoms with E-state index in [1.54, 1.807) is 19.2 Å². The van der Waals surface area contributed by atoms with Crippen LogP contribution in [0.25, 0.3) is 10.1 Å². The van der Waals surface area contributed by atoms with Gasteiger partial charge in [-0.05, 0) is 59.7 Å². The van der Waals surface area contributed by atoms with Crippen LogP contribution in [0, 0.1) is 6.92 Å². The fourth-order valence-electron chi connectivity index (χ4n) is 3.51. The van der Waals surface area contributed by atoms with E-state index in [0.717, 1.165) is 21.2 Å². The molecule has 2 N–H and O–H groups in total. The monoisotopic (exact) mass is 487 g/mol. The molecule has 0 radical (unpaired) electrons. The van der Waals surface area contributed by atoms with Crippen LogP contribution in [-0.4, -0.2) is 33.6 Å². The van der Waals surface area contributed by atoms with Crippen LogP contribution >= 0.6 is 11.3 Å². The zero-order valence-electron chi connectivity index (χ0n) is 18.9. The first-order valence-corrected chi connectivity index (χ1v) is 11.5. The Bertz CT molecular complexity index is 1450. The first-order chi connectivity index (χ1) is 17.1. The molecule has 9 nitrogen and oxygen atoms in total. The van der Waals surface area contributed by atoms with E-state index in [1.807, 2.05) is 61.5 Å². The molecular weight excluding hydrogens is 466 g/mol. The molecule has 10 heteroatoms. The Morgan fingerprint density at radius 3 is 2.54 bits per heavy atom. The maximum absolute atomic E-state index is 13.1. The van der Waals surface area contributed by atoms with E-state index in [2.05, 4.69) is 25.9 Å². The van der Waals surface area contributed by atoms with Crippen molar-refractivity contribution in [1.29, 1.82) is 0 Å². The number of H-pyrrole nitrogens is 1. The molecule has 0 atom stereocenters. The zero-order valence-corrected chi connectivity index (χ0v) is 19.8. The lowest BCUT2D eigenvalue weighted by atomic mass is 10.1. The Morgan fingerprint density at radius 1 is 1.06 bits per heavy atom. The molecule has 0 saturated heterocycles. The molecule has 1 amide bonds. The topological polar surface area (TPSA) is 111 Å². The van der Waals surface area contributed by atoms with Gasteiger partial charge in [0.15, 0.2) is 5.75 Å². The fourth-order valence-corrected chi connectivity index (χ4v) is 4.61. The van der Waals surface area contributed by atoms with Gasteiger partial charge in [0.2, 0.25) is 0 Å². The smallest absolute Gasteiger partial charge is 0.272 e. The molecule has 5 aromatic rings. The van der Waals surface area contributed by atoms with Gasteiger partial charge >= 0.3 is 0 Å². The minimum atomic E-state index is -0.401. The van der Waals surface area contributed by atoms with Crippen LogP contribution in [0.3, 0.4) is 0 Å². The summed E-state index contributed by atoms with van der Waals surface area (Å²) in [4.78, 5) is 13.4. The van der Waals surface area contributed by atoms with Crippen LogP contribution in [0.1, 0.15) is 20.8 Å². The summed E-state index contributed by atoms with van der Waals surface area (Å²) in [5.41, 5.74) is 2.04. The normalized spacial score (nSPS) is 10.8. The maximum Gasteiger partial charge on any atom is 0.272 e. The lowest BCUT2D eigenvalue weighted by Gasteiger charge is -2.10. The molecule has 35 heavy (non-hydrogen) atoms. The second-order valence-electron chi connectivity index (χ2n) is 7.62. The van der Waals surface area contributed by atoms with Crippen LogP contribution < -0.4 is 19.5 Å². The molecule has 0 fully saturated rings. The van der Waals surface area contributed by atoms with E-state index < -0.39 is 5.91 Å². The van der Waals surface area contributed by atoms with Gasteiger partial charge in [0.1, 0.15) is 28.7 Å². The Balaban J connectivity index is 1.43. The lowest BCUT2D eigenvalue weighted by molar-refractivity contribution is 0.102. The number of hydrogen-bond donors (Lipinski definition) is 2. The second-order valence-corrected chi connectivity index (χ2v) is 8.67. The second kappa shape index (κ2) is 9.82. The Morgan fingerprint density at radius 2 is 1.83 bits per heavy atom. The van der Waals surface area contributed by atoms with E-state index in [0.29, 0.717) is 34.5 Å². The van der Waals surface area contributed by atoms with Gasteiger partial charge in [-0.3, -0.25) is 10.1 Å². The highest BCUT2D eigenvalue weighted by Crippen LogP contribution is 2.43. The predicted molar refractivity (Wildman–Crippen MR) is 133 cm³/mol. The lowest BCUT2D eigenvalue weighted by Crippen LogP contribution is -2.12. The molecule has 176 valence electrons. The number of anilines is 1. The van der Waals surface area contributed by atoms with Gasteiger partial charge in [0.05, 0.1) is 7.11 Å². The number of nitrogens with one attached hydrogen (secondary N) is 2. The van der Waals surface area contributed by atoms with Crippen molar-refractivity contribution in [2.45, 2.75) is 13.5 Å². The summed E-state index contributed by atoms with van der Waals surface area (Å²) in [6.45, 7) is 2.42. The molecule has 0 bridgehead atoms. The first kappa shape index (κ1) is 22.4. The van der Waals surface area contributed by atoms with E-state index >= 15 is 0 Å². The molecule has 2 aromatic heterocycles. The number of methoxy groups -OCH3 is 1. The number of aromatic nitrogens is 4. The molecular formula is C25H21N5O4S. The molecule has 0 unspecified atom stereocenters. The van der Waals surface area contributed by atoms with Crippen LogP contribution in [0.2, 0.25) is 0 Å². The highest BCUT2D eigenvalue weighted by Gasteiger charge is 2.23. The zero-order chi connectivity index (χ0) is 24.2. The summed E-state index contributed by atoms with van der Waals surface area (Å²) in [5, 5.41) is 16.8. The Kier molecular flexibility index (Phi) is 6.27. The van der Waals surface area contributed by atoms with Crippen molar-refractivity contribution >= 4 is 33.3 Å². The number of amides is 1. The van der Waals surface area contributed by atoms with Crippen LogP contribution in [0.15, 0.2) is 66.7 Å². The highest BCUT2D eigenvalue weighted by molar-refractivity contribution is 7.21. The average Bonchev–Trinajstić information content (AvgIpc) is 3.51. The Labute approximate surface area is 204 Å². The molecule has 0 aliphatic heterocycles. The van der Waals surface area contributed by atoms with Crippen molar-refractivity contribution in [1.82, 2.24) is 20.6 Å². The number of thiophene rings is 1. The van der Waals surface area contributed by atoms with Gasteiger partial charge in [-0.15, -0.1) is 16.4 Å². The highest BCUT2D eigenvalue weighted by atomic mass is 32.1. The third-order valence-corrected chi connectivity index (χ3v) is 6.36. The van der Waals surface area contributed by atoms with Crippen LogP contribution in [-0.2, 0) is 6.61 Å². The molecule has 5 rings (SSSR count). The summed E-state index contributed by atoms with van der Waals surface area (Å²) in [5.74, 6) is 2.07.